The third-order valence-corrected chi connectivity index (χ3v) is 6.03. The van der Waals surface area contributed by atoms with Crippen molar-refractivity contribution in [3.8, 4) is 0 Å². The van der Waals surface area contributed by atoms with E-state index < -0.39 is 10.0 Å². The Morgan fingerprint density at radius 3 is 2.57 bits per heavy atom. The van der Waals surface area contributed by atoms with Crippen LogP contribution >= 0.6 is 23.8 Å². The van der Waals surface area contributed by atoms with Crippen LogP contribution in [0.15, 0.2) is 41.3 Å². The molecule has 0 saturated carbocycles. The van der Waals surface area contributed by atoms with Crippen molar-refractivity contribution in [1.82, 2.24) is 14.5 Å². The second kappa shape index (κ2) is 7.61. The molecule has 0 bridgehead atoms. The highest BCUT2D eigenvalue weighted by molar-refractivity contribution is 7.89. The Balaban J connectivity index is 1.98. The Hall–Kier alpha value is -1.15. The lowest BCUT2D eigenvalue weighted by Gasteiger charge is -2.35. The summed E-state index contributed by atoms with van der Waals surface area (Å²) in [5.74, 6) is 0. The van der Waals surface area contributed by atoms with Crippen LogP contribution in [-0.4, -0.2) is 55.5 Å². The first-order valence-electron chi connectivity index (χ1n) is 7.23. The minimum atomic E-state index is -3.51. The van der Waals surface area contributed by atoms with Gasteiger partial charge in [-0.15, -0.1) is 0 Å². The largest absolute Gasteiger partial charge is 0.359 e. The van der Waals surface area contributed by atoms with Crippen LogP contribution in [0.4, 0.5) is 0 Å². The molecular weight excluding hydrogens is 354 g/mol. The van der Waals surface area contributed by atoms with Crippen LogP contribution in [0.1, 0.15) is 6.92 Å². The van der Waals surface area contributed by atoms with Gasteiger partial charge in [-0.05, 0) is 37.3 Å². The molecule has 23 heavy (non-hydrogen) atoms. The average Bonchev–Trinajstić information content (AvgIpc) is 2.52. The van der Waals surface area contributed by atoms with Gasteiger partial charge in [-0.2, -0.15) is 4.31 Å². The number of hydrogen-bond acceptors (Lipinski definition) is 3. The summed E-state index contributed by atoms with van der Waals surface area (Å²) in [5, 5.41) is 4.16. The Morgan fingerprint density at radius 1 is 1.35 bits per heavy atom. The van der Waals surface area contributed by atoms with Gasteiger partial charge in [0.2, 0.25) is 10.0 Å². The lowest BCUT2D eigenvalue weighted by molar-refractivity contribution is 0.264. The van der Waals surface area contributed by atoms with Gasteiger partial charge < -0.3 is 10.2 Å². The molecule has 1 aromatic carbocycles. The van der Waals surface area contributed by atoms with E-state index in [2.05, 4.69) is 11.9 Å². The molecule has 0 amide bonds. The molecule has 1 N–H and O–H groups in total. The molecular formula is C15H20ClN3O2S2. The summed E-state index contributed by atoms with van der Waals surface area (Å²) >= 11 is 11.2. The van der Waals surface area contributed by atoms with Crippen LogP contribution in [0.25, 0.3) is 0 Å². The van der Waals surface area contributed by atoms with E-state index in [9.17, 15) is 8.42 Å². The summed E-state index contributed by atoms with van der Waals surface area (Å²) in [5.41, 5.74) is 0.995. The molecule has 0 unspecified atom stereocenters. The zero-order valence-corrected chi connectivity index (χ0v) is 15.3. The molecule has 1 aliphatic heterocycles. The van der Waals surface area contributed by atoms with Crippen LogP contribution in [-0.2, 0) is 10.0 Å². The Bertz CT molecular complexity index is 698. The molecule has 126 valence electrons. The smallest absolute Gasteiger partial charge is 0.243 e. The third-order valence-electron chi connectivity index (χ3n) is 3.50. The van der Waals surface area contributed by atoms with Crippen LogP contribution in [0.3, 0.4) is 0 Å². The van der Waals surface area contributed by atoms with Crippen LogP contribution in [0.2, 0.25) is 5.02 Å². The molecule has 0 atom stereocenters. The minimum absolute atomic E-state index is 0.224. The normalized spacial score (nSPS) is 16.2. The van der Waals surface area contributed by atoms with Crippen molar-refractivity contribution in [2.45, 2.75) is 11.8 Å². The number of hydrogen-bond donors (Lipinski definition) is 1. The fourth-order valence-electron chi connectivity index (χ4n) is 2.25. The highest BCUT2D eigenvalue weighted by Crippen LogP contribution is 2.20. The van der Waals surface area contributed by atoms with Gasteiger partial charge in [-0.1, -0.05) is 29.8 Å². The summed E-state index contributed by atoms with van der Waals surface area (Å²) in [7, 11) is -3.51. The number of rotatable bonds is 4. The maximum absolute atomic E-state index is 12.6. The highest BCUT2D eigenvalue weighted by Gasteiger charge is 2.29. The van der Waals surface area contributed by atoms with Crippen LogP contribution in [0, 0.1) is 0 Å². The van der Waals surface area contributed by atoms with Crippen molar-refractivity contribution < 1.29 is 8.42 Å². The van der Waals surface area contributed by atoms with Crippen LogP contribution in [0.5, 0.6) is 0 Å². The summed E-state index contributed by atoms with van der Waals surface area (Å²) in [6, 6.07) is 6.33. The van der Waals surface area contributed by atoms with E-state index in [1.165, 1.54) is 10.4 Å². The Morgan fingerprint density at radius 2 is 2.00 bits per heavy atom. The van der Waals surface area contributed by atoms with Gasteiger partial charge in [0.1, 0.15) is 0 Å². The van der Waals surface area contributed by atoms with Crippen molar-refractivity contribution in [3.63, 3.8) is 0 Å². The topological polar surface area (TPSA) is 52.6 Å². The molecule has 1 saturated heterocycles. The first-order chi connectivity index (χ1) is 10.8. The van der Waals surface area contributed by atoms with Gasteiger partial charge >= 0.3 is 0 Å². The number of nitrogens with zero attached hydrogens (tertiary/aromatic N) is 2. The number of benzene rings is 1. The fraction of sp³-hybridized carbons (Fsp3) is 0.400. The second-order valence-corrected chi connectivity index (χ2v) is 8.23. The quantitative estimate of drug-likeness (QED) is 0.647. The van der Waals surface area contributed by atoms with Crippen molar-refractivity contribution in [3.05, 3.63) is 41.4 Å². The molecule has 1 aromatic rings. The molecule has 2 rings (SSSR count). The van der Waals surface area contributed by atoms with E-state index in [0.29, 0.717) is 42.9 Å². The van der Waals surface area contributed by atoms with Gasteiger partial charge in [0, 0.05) is 37.7 Å². The number of thiocarbonyl (C=S) groups is 1. The zero-order valence-electron chi connectivity index (χ0n) is 13.0. The molecule has 5 nitrogen and oxygen atoms in total. The maximum Gasteiger partial charge on any atom is 0.243 e. The zero-order chi connectivity index (χ0) is 17.0. The summed E-state index contributed by atoms with van der Waals surface area (Å²) in [4.78, 5) is 2.20. The fourth-order valence-corrected chi connectivity index (χ4v) is 4.22. The predicted octanol–water partition coefficient (Wildman–Crippen LogP) is 2.10. The second-order valence-electron chi connectivity index (χ2n) is 5.46. The van der Waals surface area contributed by atoms with Gasteiger partial charge in [0.05, 0.1) is 4.90 Å². The molecule has 1 heterocycles. The van der Waals surface area contributed by atoms with Gasteiger partial charge in [-0.25, -0.2) is 8.42 Å². The lowest BCUT2D eigenvalue weighted by Crippen LogP contribution is -2.53. The minimum Gasteiger partial charge on any atom is -0.359 e. The van der Waals surface area contributed by atoms with E-state index in [1.54, 1.807) is 18.2 Å². The molecule has 8 heteroatoms. The maximum atomic E-state index is 12.6. The molecule has 1 aliphatic rings. The monoisotopic (exact) mass is 373 g/mol. The number of sulfonamides is 1. The highest BCUT2D eigenvalue weighted by atomic mass is 35.5. The van der Waals surface area contributed by atoms with Crippen molar-refractivity contribution in [1.29, 1.82) is 0 Å². The summed E-state index contributed by atoms with van der Waals surface area (Å²) < 4.78 is 26.7. The SMILES string of the molecule is C=C(C)CNC(=S)N1CCN(S(=O)(=O)c2cccc(Cl)c2)CC1. The van der Waals surface area contributed by atoms with Gasteiger partial charge in [0.25, 0.3) is 0 Å². The molecule has 0 spiro atoms. The van der Waals surface area contributed by atoms with Crippen molar-refractivity contribution in [2.24, 2.45) is 0 Å². The average molecular weight is 374 g/mol. The summed E-state index contributed by atoms with van der Waals surface area (Å²) in [6.07, 6.45) is 0. The third kappa shape index (κ3) is 4.67. The van der Waals surface area contributed by atoms with E-state index in [0.717, 1.165) is 5.57 Å². The standard InChI is InChI=1S/C15H20ClN3O2S2/c1-12(2)11-17-15(22)18-6-8-19(9-7-18)23(20,21)14-5-3-4-13(16)10-14/h3-5,10H,1,6-9,11H2,2H3,(H,17,22). The summed E-state index contributed by atoms with van der Waals surface area (Å²) in [6.45, 7) is 8.26. The van der Waals surface area contributed by atoms with Gasteiger partial charge in [-0.3, -0.25) is 0 Å². The number of nitrogens with one attached hydrogen (secondary N) is 1. The van der Waals surface area contributed by atoms with Crippen molar-refractivity contribution >= 4 is 39.0 Å². The molecule has 0 aliphatic carbocycles. The first-order valence-corrected chi connectivity index (χ1v) is 9.46. The van der Waals surface area contributed by atoms with Crippen molar-refractivity contribution in [2.75, 3.05) is 32.7 Å². The Kier molecular flexibility index (Phi) is 6.02. The van der Waals surface area contributed by atoms with E-state index in [4.69, 9.17) is 23.8 Å². The number of halogens is 1. The molecule has 0 aromatic heterocycles. The van der Waals surface area contributed by atoms with E-state index >= 15 is 0 Å². The first kappa shape index (κ1) is 18.2. The lowest BCUT2D eigenvalue weighted by atomic mass is 10.3. The number of piperazine rings is 1. The Labute approximate surface area is 148 Å². The van der Waals surface area contributed by atoms with Gasteiger partial charge in [0.15, 0.2) is 5.11 Å². The van der Waals surface area contributed by atoms with Crippen LogP contribution < -0.4 is 5.32 Å². The molecule has 1 fully saturated rings. The predicted molar refractivity (Wildman–Crippen MR) is 97.2 cm³/mol. The van der Waals surface area contributed by atoms with E-state index in [-0.39, 0.29) is 4.90 Å². The van der Waals surface area contributed by atoms with E-state index in [1.807, 2.05) is 11.8 Å². The molecule has 0 radical (unpaired) electrons.